The molecule has 2 aromatic carbocycles. The molecule has 136 valence electrons. The second-order valence-corrected chi connectivity index (χ2v) is 7.11. The number of nitrogens with zero attached hydrogens (tertiary/aromatic N) is 2. The molecule has 1 unspecified atom stereocenters. The lowest BCUT2D eigenvalue weighted by Crippen LogP contribution is -2.25. The number of hydrogen-bond acceptors (Lipinski definition) is 4. The maximum Gasteiger partial charge on any atom is 0.0956 e. The van der Waals surface area contributed by atoms with Crippen molar-refractivity contribution in [3.63, 3.8) is 0 Å². The van der Waals surface area contributed by atoms with E-state index in [2.05, 4.69) is 22.4 Å². The largest absolute Gasteiger partial charge is 0.411 e. The van der Waals surface area contributed by atoms with Gasteiger partial charge in [0.1, 0.15) is 0 Å². The van der Waals surface area contributed by atoms with Crippen molar-refractivity contribution >= 4 is 11.4 Å². The lowest BCUT2D eigenvalue weighted by Gasteiger charge is -2.21. The van der Waals surface area contributed by atoms with Crippen LogP contribution in [0.4, 0.5) is 0 Å². The molecule has 2 aromatic rings. The molecule has 4 nitrogen and oxygen atoms in total. The van der Waals surface area contributed by atoms with Gasteiger partial charge in [-0.3, -0.25) is 0 Å². The smallest absolute Gasteiger partial charge is 0.0956 e. The fraction of sp³-hybridized carbons (Fsp3) is 0.364. The van der Waals surface area contributed by atoms with Gasteiger partial charge in [0, 0.05) is 11.5 Å². The van der Waals surface area contributed by atoms with Gasteiger partial charge in [0.2, 0.25) is 0 Å². The summed E-state index contributed by atoms with van der Waals surface area (Å²) in [4.78, 5) is 0. The minimum Gasteiger partial charge on any atom is -0.411 e. The minimum atomic E-state index is -0.171. The first kappa shape index (κ1) is 18.2. The highest BCUT2D eigenvalue weighted by Crippen LogP contribution is 2.32. The normalized spacial score (nSPS) is 17.4. The first-order valence-corrected chi connectivity index (χ1v) is 9.29. The number of hydrogen-bond donors (Lipinski definition) is 2. The van der Waals surface area contributed by atoms with E-state index in [-0.39, 0.29) is 5.92 Å². The average molecular weight is 350 g/mol. The van der Waals surface area contributed by atoms with Crippen LogP contribution in [0.3, 0.4) is 0 Å². The Morgan fingerprint density at radius 2 is 1.54 bits per heavy atom. The zero-order valence-electron chi connectivity index (χ0n) is 15.2. The Morgan fingerprint density at radius 3 is 2.12 bits per heavy atom. The molecule has 0 radical (unpaired) electrons. The van der Waals surface area contributed by atoms with Gasteiger partial charge in [-0.05, 0) is 30.4 Å². The van der Waals surface area contributed by atoms with Crippen LogP contribution in [0.15, 0.2) is 64.9 Å². The van der Waals surface area contributed by atoms with Gasteiger partial charge >= 0.3 is 0 Å². The third kappa shape index (κ3) is 4.13. The summed E-state index contributed by atoms with van der Waals surface area (Å²) >= 11 is 0. The molecule has 0 bridgehead atoms. The van der Waals surface area contributed by atoms with Crippen LogP contribution in [-0.2, 0) is 0 Å². The monoisotopic (exact) mass is 350 g/mol. The summed E-state index contributed by atoms with van der Waals surface area (Å²) in [5, 5.41) is 26.0. The Labute approximate surface area is 154 Å². The van der Waals surface area contributed by atoms with Crippen LogP contribution in [0, 0.1) is 11.8 Å². The molecule has 4 heteroatoms. The molecule has 0 aromatic heterocycles. The van der Waals surface area contributed by atoms with Crippen LogP contribution in [0.25, 0.3) is 11.1 Å². The maximum absolute atomic E-state index is 9.71. The summed E-state index contributed by atoms with van der Waals surface area (Å²) in [6.07, 6.45) is 5.76. The van der Waals surface area contributed by atoms with E-state index >= 15 is 0 Å². The van der Waals surface area contributed by atoms with Crippen molar-refractivity contribution in [1.82, 2.24) is 0 Å². The molecule has 1 saturated carbocycles. The Morgan fingerprint density at radius 1 is 0.923 bits per heavy atom. The van der Waals surface area contributed by atoms with Crippen molar-refractivity contribution in [2.45, 2.75) is 39.0 Å². The van der Waals surface area contributed by atoms with E-state index < -0.39 is 0 Å². The van der Waals surface area contributed by atoms with E-state index in [9.17, 15) is 10.4 Å². The number of rotatable bonds is 6. The van der Waals surface area contributed by atoms with Crippen LogP contribution >= 0.6 is 0 Å². The van der Waals surface area contributed by atoms with Gasteiger partial charge in [-0.15, -0.1) is 0 Å². The predicted molar refractivity (Wildman–Crippen MR) is 105 cm³/mol. The van der Waals surface area contributed by atoms with Crippen LogP contribution < -0.4 is 0 Å². The van der Waals surface area contributed by atoms with Gasteiger partial charge in [-0.25, -0.2) is 0 Å². The highest BCUT2D eigenvalue weighted by atomic mass is 16.4. The van der Waals surface area contributed by atoms with Crippen molar-refractivity contribution in [1.29, 1.82) is 0 Å². The third-order valence-electron chi connectivity index (χ3n) is 5.43. The summed E-state index contributed by atoms with van der Waals surface area (Å²) in [7, 11) is 0. The van der Waals surface area contributed by atoms with Crippen molar-refractivity contribution < 1.29 is 10.4 Å². The lowest BCUT2D eigenvalue weighted by molar-refractivity contribution is 0.309. The van der Waals surface area contributed by atoms with Gasteiger partial charge < -0.3 is 10.4 Å². The zero-order chi connectivity index (χ0) is 18.4. The fourth-order valence-electron chi connectivity index (χ4n) is 3.92. The van der Waals surface area contributed by atoms with Crippen molar-refractivity contribution in [2.24, 2.45) is 22.1 Å². The highest BCUT2D eigenvalue weighted by Gasteiger charge is 2.27. The summed E-state index contributed by atoms with van der Waals surface area (Å²) in [5.41, 5.74) is 4.30. The number of oxime groups is 2. The molecule has 26 heavy (non-hydrogen) atoms. The first-order chi connectivity index (χ1) is 12.7. The molecule has 1 aliphatic rings. The summed E-state index contributed by atoms with van der Waals surface area (Å²) in [6, 6.07) is 18.2. The minimum absolute atomic E-state index is 0.171. The van der Waals surface area contributed by atoms with Crippen LogP contribution in [0.5, 0.6) is 0 Å². The van der Waals surface area contributed by atoms with Crippen LogP contribution in [0.1, 0.15) is 44.6 Å². The molecular weight excluding hydrogens is 324 g/mol. The second-order valence-electron chi connectivity index (χ2n) is 7.11. The molecular formula is C22H26N2O2. The lowest BCUT2D eigenvalue weighted by atomic mass is 9.84. The van der Waals surface area contributed by atoms with Crippen LogP contribution in [0.2, 0.25) is 0 Å². The maximum atomic E-state index is 9.71. The van der Waals surface area contributed by atoms with Crippen molar-refractivity contribution in [2.75, 3.05) is 0 Å². The quantitative estimate of drug-likeness (QED) is 0.406. The van der Waals surface area contributed by atoms with E-state index in [1.165, 1.54) is 25.7 Å². The molecule has 0 aliphatic heterocycles. The Bertz CT molecular complexity index is 760. The van der Waals surface area contributed by atoms with Gasteiger partial charge in [-0.2, -0.15) is 0 Å². The van der Waals surface area contributed by atoms with Crippen molar-refractivity contribution in [3.8, 4) is 11.1 Å². The van der Waals surface area contributed by atoms with E-state index in [1.807, 2.05) is 42.5 Å². The standard InChI is InChI=1S/C22H26N2O2/c1-16(23-25)21(15-17-7-5-6-8-17)22(24-26)20-13-11-19(12-14-20)18-9-3-2-4-10-18/h2-4,9-14,17,21,25-26H,5-8,15H2,1H3/b23-16+,24-22+. The second kappa shape index (κ2) is 8.65. The average Bonchev–Trinajstić information content (AvgIpc) is 3.21. The van der Waals surface area contributed by atoms with Gasteiger partial charge in [0.25, 0.3) is 0 Å². The molecule has 2 N–H and O–H groups in total. The van der Waals surface area contributed by atoms with Crippen molar-refractivity contribution in [3.05, 3.63) is 60.2 Å². The van der Waals surface area contributed by atoms with E-state index in [0.717, 1.165) is 23.1 Å². The van der Waals surface area contributed by atoms with E-state index in [4.69, 9.17) is 0 Å². The summed E-state index contributed by atoms with van der Waals surface area (Å²) < 4.78 is 0. The van der Waals surface area contributed by atoms with Gasteiger partial charge in [0.05, 0.1) is 11.4 Å². The molecule has 0 spiro atoms. The van der Waals surface area contributed by atoms with Crippen LogP contribution in [-0.4, -0.2) is 21.8 Å². The highest BCUT2D eigenvalue weighted by molar-refractivity contribution is 6.14. The molecule has 0 amide bonds. The van der Waals surface area contributed by atoms with E-state index in [0.29, 0.717) is 17.3 Å². The Kier molecular flexibility index (Phi) is 6.05. The molecule has 1 aliphatic carbocycles. The summed E-state index contributed by atoms with van der Waals surface area (Å²) in [6.45, 7) is 1.79. The van der Waals surface area contributed by atoms with E-state index in [1.54, 1.807) is 6.92 Å². The Balaban J connectivity index is 1.85. The zero-order valence-corrected chi connectivity index (χ0v) is 15.2. The predicted octanol–water partition coefficient (Wildman–Crippen LogP) is 5.58. The Hall–Kier alpha value is -2.62. The molecule has 1 atom stereocenters. The molecule has 1 fully saturated rings. The molecule has 3 rings (SSSR count). The topological polar surface area (TPSA) is 65.2 Å². The number of benzene rings is 2. The van der Waals surface area contributed by atoms with Gasteiger partial charge in [-0.1, -0.05) is 90.6 Å². The molecule has 0 heterocycles. The third-order valence-corrected chi connectivity index (χ3v) is 5.43. The molecule has 0 saturated heterocycles. The van der Waals surface area contributed by atoms with Gasteiger partial charge in [0.15, 0.2) is 0 Å². The fourth-order valence-corrected chi connectivity index (χ4v) is 3.92. The first-order valence-electron chi connectivity index (χ1n) is 9.29. The summed E-state index contributed by atoms with van der Waals surface area (Å²) in [5.74, 6) is 0.424. The SMILES string of the molecule is C/C(=N\O)C(CC1CCCC1)/C(=N/O)c1ccc(-c2ccccc2)cc1.